The van der Waals surface area contributed by atoms with Gasteiger partial charge in [0.25, 0.3) is 0 Å². The number of aromatic amines is 1. The van der Waals surface area contributed by atoms with Gasteiger partial charge >= 0.3 is 0 Å². The summed E-state index contributed by atoms with van der Waals surface area (Å²) in [6.07, 6.45) is 3.09. The summed E-state index contributed by atoms with van der Waals surface area (Å²) in [5.74, 6) is 0. The summed E-state index contributed by atoms with van der Waals surface area (Å²) in [7, 11) is 0. The highest BCUT2D eigenvalue weighted by Crippen LogP contribution is 2.31. The van der Waals surface area contributed by atoms with Crippen molar-refractivity contribution in [2.45, 2.75) is 26.4 Å². The van der Waals surface area contributed by atoms with Crippen LogP contribution in [-0.2, 0) is 19.5 Å². The zero-order valence-corrected chi connectivity index (χ0v) is 14.6. The molecule has 0 unspecified atom stereocenters. The van der Waals surface area contributed by atoms with Crippen LogP contribution in [-0.4, -0.2) is 59.0 Å². The fourth-order valence-corrected chi connectivity index (χ4v) is 4.67. The molecule has 2 aliphatic heterocycles. The Morgan fingerprint density at radius 2 is 2.04 bits per heavy atom. The van der Waals surface area contributed by atoms with Crippen molar-refractivity contribution in [3.63, 3.8) is 0 Å². The molecule has 23 heavy (non-hydrogen) atoms. The van der Waals surface area contributed by atoms with Gasteiger partial charge in [-0.3, -0.25) is 4.90 Å². The predicted molar refractivity (Wildman–Crippen MR) is 95.1 cm³/mol. The third kappa shape index (κ3) is 3.29. The van der Waals surface area contributed by atoms with Crippen LogP contribution in [0, 0.1) is 0 Å². The molecule has 0 aromatic carbocycles. The first-order valence-corrected chi connectivity index (χ1v) is 9.44. The van der Waals surface area contributed by atoms with Crippen LogP contribution in [0.25, 0.3) is 0 Å². The first-order chi connectivity index (χ1) is 11.3. The molecule has 0 atom stereocenters. The van der Waals surface area contributed by atoms with Crippen LogP contribution < -0.4 is 4.90 Å². The number of hydrogen-bond acceptors (Lipinski definition) is 5. The first-order valence-electron chi connectivity index (χ1n) is 8.62. The zero-order valence-electron chi connectivity index (χ0n) is 13.8. The molecule has 0 saturated carbocycles. The molecule has 0 amide bonds. The van der Waals surface area contributed by atoms with Crippen LogP contribution in [0.3, 0.4) is 0 Å². The number of likely N-dealkylation sites (N-methyl/N-ethyl adjacent to an activating group) is 1. The number of H-pyrrole nitrogens is 1. The molecule has 1 saturated heterocycles. The summed E-state index contributed by atoms with van der Waals surface area (Å²) in [5.41, 5.74) is 2.64. The number of anilines is 1. The zero-order chi connectivity index (χ0) is 15.6. The van der Waals surface area contributed by atoms with Crippen molar-refractivity contribution in [1.29, 1.82) is 0 Å². The van der Waals surface area contributed by atoms with Crippen molar-refractivity contribution in [2.24, 2.45) is 0 Å². The Hall–Kier alpha value is -1.37. The van der Waals surface area contributed by atoms with E-state index in [2.05, 4.69) is 38.7 Å². The maximum atomic E-state index is 4.95. The molecule has 2 aromatic heterocycles. The van der Waals surface area contributed by atoms with Gasteiger partial charge in [-0.2, -0.15) is 0 Å². The lowest BCUT2D eigenvalue weighted by molar-refractivity contribution is 0.244. The Balaban J connectivity index is 1.41. The van der Waals surface area contributed by atoms with Gasteiger partial charge in [-0.05, 0) is 18.7 Å². The smallest absolute Gasteiger partial charge is 0.185 e. The largest absolute Gasteiger partial charge is 0.364 e. The Bertz CT molecular complexity index is 627. The van der Waals surface area contributed by atoms with Crippen molar-refractivity contribution in [2.75, 3.05) is 44.2 Å². The van der Waals surface area contributed by atoms with Gasteiger partial charge in [0, 0.05) is 69.0 Å². The van der Waals surface area contributed by atoms with Crippen LogP contribution in [0.15, 0.2) is 18.3 Å². The van der Waals surface area contributed by atoms with E-state index in [1.807, 2.05) is 17.5 Å². The minimum Gasteiger partial charge on any atom is -0.364 e. The number of thiazole rings is 1. The molecule has 2 aliphatic rings. The monoisotopic (exact) mass is 331 g/mol. The maximum Gasteiger partial charge on any atom is 0.185 e. The van der Waals surface area contributed by atoms with Gasteiger partial charge in [0.05, 0.1) is 5.69 Å². The van der Waals surface area contributed by atoms with Crippen molar-refractivity contribution in [3.05, 3.63) is 34.6 Å². The molecule has 124 valence electrons. The number of aromatic nitrogens is 2. The molecule has 6 heteroatoms. The van der Waals surface area contributed by atoms with E-state index in [4.69, 9.17) is 4.98 Å². The highest BCUT2D eigenvalue weighted by atomic mass is 32.1. The van der Waals surface area contributed by atoms with Crippen molar-refractivity contribution in [1.82, 2.24) is 19.8 Å². The molecule has 0 bridgehead atoms. The second kappa shape index (κ2) is 6.63. The molecule has 5 nitrogen and oxygen atoms in total. The van der Waals surface area contributed by atoms with E-state index >= 15 is 0 Å². The van der Waals surface area contributed by atoms with E-state index in [1.54, 1.807) is 0 Å². The number of fused-ring (bicyclic) bond motifs is 1. The normalized spacial score (nSPS) is 20.0. The summed E-state index contributed by atoms with van der Waals surface area (Å²) >= 11 is 1.91. The van der Waals surface area contributed by atoms with E-state index in [-0.39, 0.29) is 0 Å². The average Bonchev–Trinajstić information content (AvgIpc) is 3.24. The molecule has 0 spiro atoms. The maximum absolute atomic E-state index is 4.95. The van der Waals surface area contributed by atoms with Crippen LogP contribution in [0.2, 0.25) is 0 Å². The second-order valence-electron chi connectivity index (χ2n) is 6.44. The van der Waals surface area contributed by atoms with Crippen LogP contribution in [0.4, 0.5) is 5.13 Å². The lowest BCUT2D eigenvalue weighted by Crippen LogP contribution is -2.46. The summed E-state index contributed by atoms with van der Waals surface area (Å²) in [6, 6.07) is 4.24. The van der Waals surface area contributed by atoms with Crippen molar-refractivity contribution >= 4 is 16.5 Å². The third-order valence-electron chi connectivity index (χ3n) is 4.95. The van der Waals surface area contributed by atoms with E-state index < -0.39 is 0 Å². The standard InChI is InChI=1S/C17H25N5S/c1-2-20-8-10-22(11-9-20)17-19-15-5-7-21(13-16(15)23-17)12-14-4-3-6-18-14/h3-4,6,18H,2,5,7-13H2,1H3. The Morgan fingerprint density at radius 1 is 1.17 bits per heavy atom. The fourth-order valence-electron chi connectivity index (χ4n) is 3.47. The lowest BCUT2D eigenvalue weighted by atomic mass is 10.2. The van der Waals surface area contributed by atoms with E-state index in [0.717, 1.165) is 45.7 Å². The van der Waals surface area contributed by atoms with E-state index in [0.29, 0.717) is 0 Å². The molecule has 1 N–H and O–H groups in total. The molecular formula is C17H25N5S. The van der Waals surface area contributed by atoms with Gasteiger partial charge in [0.2, 0.25) is 0 Å². The second-order valence-corrected chi connectivity index (χ2v) is 7.51. The molecule has 0 aliphatic carbocycles. The van der Waals surface area contributed by atoms with Gasteiger partial charge in [-0.1, -0.05) is 6.92 Å². The third-order valence-corrected chi connectivity index (χ3v) is 6.09. The predicted octanol–water partition coefficient (Wildman–Crippen LogP) is 2.17. The number of piperazine rings is 1. The van der Waals surface area contributed by atoms with Crippen molar-refractivity contribution in [3.8, 4) is 0 Å². The van der Waals surface area contributed by atoms with Gasteiger partial charge in [-0.25, -0.2) is 4.98 Å². The van der Waals surface area contributed by atoms with Crippen LogP contribution in [0.1, 0.15) is 23.2 Å². The van der Waals surface area contributed by atoms with E-state index in [1.165, 1.54) is 34.5 Å². The number of rotatable bonds is 4. The van der Waals surface area contributed by atoms with Gasteiger partial charge in [0.15, 0.2) is 5.13 Å². The summed E-state index contributed by atoms with van der Waals surface area (Å²) in [5, 5.41) is 1.24. The fraction of sp³-hybridized carbons (Fsp3) is 0.588. The first kappa shape index (κ1) is 15.2. The lowest BCUT2D eigenvalue weighted by Gasteiger charge is -2.33. The minimum absolute atomic E-state index is 1.01. The Morgan fingerprint density at radius 3 is 2.78 bits per heavy atom. The molecule has 4 rings (SSSR count). The highest BCUT2D eigenvalue weighted by molar-refractivity contribution is 7.15. The summed E-state index contributed by atoms with van der Waals surface area (Å²) < 4.78 is 0. The summed E-state index contributed by atoms with van der Waals surface area (Å²) in [4.78, 5) is 17.2. The number of hydrogen-bond donors (Lipinski definition) is 1. The van der Waals surface area contributed by atoms with Crippen LogP contribution >= 0.6 is 11.3 Å². The SMILES string of the molecule is CCN1CCN(c2nc3c(s2)CN(Cc2ccc[nH]2)CC3)CC1. The highest BCUT2D eigenvalue weighted by Gasteiger charge is 2.24. The quantitative estimate of drug-likeness (QED) is 0.932. The summed E-state index contributed by atoms with van der Waals surface area (Å²) in [6.45, 7) is 11.1. The van der Waals surface area contributed by atoms with Gasteiger partial charge < -0.3 is 14.8 Å². The van der Waals surface area contributed by atoms with Crippen LogP contribution in [0.5, 0.6) is 0 Å². The molecular weight excluding hydrogens is 306 g/mol. The topological polar surface area (TPSA) is 38.4 Å². The average molecular weight is 331 g/mol. The molecule has 1 fully saturated rings. The van der Waals surface area contributed by atoms with Gasteiger partial charge in [0.1, 0.15) is 0 Å². The van der Waals surface area contributed by atoms with E-state index in [9.17, 15) is 0 Å². The minimum atomic E-state index is 1.01. The number of nitrogens with one attached hydrogen (secondary N) is 1. The molecule has 4 heterocycles. The van der Waals surface area contributed by atoms with Gasteiger partial charge in [-0.15, -0.1) is 11.3 Å². The molecule has 0 radical (unpaired) electrons. The molecule has 2 aromatic rings. The Kier molecular flexibility index (Phi) is 4.37. The van der Waals surface area contributed by atoms with Crippen molar-refractivity contribution < 1.29 is 0 Å². The number of nitrogens with zero attached hydrogens (tertiary/aromatic N) is 4. The Labute approximate surface area is 141 Å².